The van der Waals surface area contributed by atoms with Crippen molar-refractivity contribution >= 4 is 5.97 Å². The van der Waals surface area contributed by atoms with Crippen LogP contribution < -0.4 is 5.32 Å². The Labute approximate surface area is 90.0 Å². The van der Waals surface area contributed by atoms with Gasteiger partial charge in [-0.1, -0.05) is 0 Å². The molecular weight excluding hydrogens is 194 g/mol. The van der Waals surface area contributed by atoms with Gasteiger partial charge < -0.3 is 9.84 Å². The minimum absolute atomic E-state index is 0.255. The highest BCUT2D eigenvalue weighted by molar-refractivity contribution is 5.73. The molecule has 0 spiro atoms. The van der Waals surface area contributed by atoms with Crippen molar-refractivity contribution in [1.29, 1.82) is 0 Å². The molecule has 0 saturated heterocycles. The number of aliphatic carboxylic acids is 1. The standard InChI is InChI=1S/C11H19NO3/c1-15-6-9(11(13)14)12-10(7-2-3-7)8-4-5-8/h7-10,12H,2-6H2,1H3,(H,13,14). The van der Waals surface area contributed by atoms with Gasteiger partial charge in [0.15, 0.2) is 0 Å². The van der Waals surface area contributed by atoms with E-state index in [1.165, 1.54) is 25.7 Å². The van der Waals surface area contributed by atoms with Crippen LogP contribution in [0.3, 0.4) is 0 Å². The maximum absolute atomic E-state index is 11.0. The van der Waals surface area contributed by atoms with Crippen LogP contribution in [0.1, 0.15) is 25.7 Å². The Kier molecular flexibility index (Phi) is 3.26. The molecule has 2 aliphatic rings. The predicted octanol–water partition coefficient (Wildman–Crippen LogP) is 0.864. The summed E-state index contributed by atoms with van der Waals surface area (Å²) < 4.78 is 4.92. The Morgan fingerprint density at radius 1 is 1.40 bits per heavy atom. The number of carboxylic acids is 1. The summed E-state index contributed by atoms with van der Waals surface area (Å²) in [7, 11) is 1.54. The highest BCUT2D eigenvalue weighted by atomic mass is 16.5. The molecule has 86 valence electrons. The van der Waals surface area contributed by atoms with Crippen LogP contribution in [0.15, 0.2) is 0 Å². The van der Waals surface area contributed by atoms with E-state index in [1.54, 1.807) is 7.11 Å². The third kappa shape index (κ3) is 2.92. The van der Waals surface area contributed by atoms with E-state index >= 15 is 0 Å². The van der Waals surface area contributed by atoms with E-state index in [-0.39, 0.29) is 6.61 Å². The van der Waals surface area contributed by atoms with Crippen molar-refractivity contribution in [3.05, 3.63) is 0 Å². The molecule has 4 nitrogen and oxygen atoms in total. The first-order valence-corrected chi connectivity index (χ1v) is 5.70. The van der Waals surface area contributed by atoms with Crippen LogP contribution in [0.4, 0.5) is 0 Å². The zero-order chi connectivity index (χ0) is 10.8. The van der Waals surface area contributed by atoms with E-state index in [9.17, 15) is 4.79 Å². The largest absolute Gasteiger partial charge is 0.480 e. The predicted molar refractivity (Wildman–Crippen MR) is 55.7 cm³/mol. The fourth-order valence-electron chi connectivity index (χ4n) is 2.16. The number of hydrogen-bond acceptors (Lipinski definition) is 3. The van der Waals surface area contributed by atoms with Crippen LogP contribution in [0.25, 0.3) is 0 Å². The molecule has 2 fully saturated rings. The number of rotatable bonds is 7. The minimum atomic E-state index is -0.803. The lowest BCUT2D eigenvalue weighted by molar-refractivity contribution is -0.141. The summed E-state index contributed by atoms with van der Waals surface area (Å²) in [5.74, 6) is 0.635. The average Bonchev–Trinajstić information content (AvgIpc) is 3.02. The molecule has 2 aliphatic carbocycles. The van der Waals surface area contributed by atoms with Crippen molar-refractivity contribution in [1.82, 2.24) is 5.32 Å². The highest BCUT2D eigenvalue weighted by Gasteiger charge is 2.42. The first-order valence-electron chi connectivity index (χ1n) is 5.70. The topological polar surface area (TPSA) is 58.6 Å². The number of carboxylic acid groups (broad SMARTS) is 1. The molecule has 0 aliphatic heterocycles. The first-order chi connectivity index (χ1) is 7.22. The Morgan fingerprint density at radius 2 is 1.93 bits per heavy atom. The molecule has 0 aromatic carbocycles. The normalized spacial score (nSPS) is 23.1. The summed E-state index contributed by atoms with van der Waals surface area (Å²) in [5, 5.41) is 12.3. The quantitative estimate of drug-likeness (QED) is 0.658. The third-order valence-electron chi connectivity index (χ3n) is 3.28. The van der Waals surface area contributed by atoms with Gasteiger partial charge in [-0.05, 0) is 37.5 Å². The van der Waals surface area contributed by atoms with Gasteiger partial charge in [-0.2, -0.15) is 0 Å². The second kappa shape index (κ2) is 4.49. The summed E-state index contributed by atoms with van der Waals surface area (Å²) in [6.45, 7) is 0.255. The van der Waals surface area contributed by atoms with Gasteiger partial charge in [-0.25, -0.2) is 0 Å². The van der Waals surface area contributed by atoms with Gasteiger partial charge in [0.1, 0.15) is 6.04 Å². The molecule has 1 unspecified atom stereocenters. The monoisotopic (exact) mass is 213 g/mol. The van der Waals surface area contributed by atoms with Crippen molar-refractivity contribution in [2.24, 2.45) is 11.8 Å². The molecule has 1 atom stereocenters. The number of carbonyl (C=O) groups is 1. The Balaban J connectivity index is 1.87. The lowest BCUT2D eigenvalue weighted by atomic mass is 10.1. The van der Waals surface area contributed by atoms with Crippen LogP contribution in [-0.2, 0) is 9.53 Å². The molecule has 2 N–H and O–H groups in total. The summed E-state index contributed by atoms with van der Waals surface area (Å²) in [6, 6.07) is -0.123. The van der Waals surface area contributed by atoms with Gasteiger partial charge in [-0.3, -0.25) is 10.1 Å². The van der Waals surface area contributed by atoms with Crippen molar-refractivity contribution < 1.29 is 14.6 Å². The molecule has 0 aromatic heterocycles. The van der Waals surface area contributed by atoms with Gasteiger partial charge in [0.2, 0.25) is 0 Å². The van der Waals surface area contributed by atoms with E-state index in [2.05, 4.69) is 5.32 Å². The smallest absolute Gasteiger partial charge is 0.323 e. The van der Waals surface area contributed by atoms with Crippen molar-refractivity contribution in [3.63, 3.8) is 0 Å². The summed E-state index contributed by atoms with van der Waals surface area (Å²) >= 11 is 0. The van der Waals surface area contributed by atoms with E-state index in [0.717, 1.165) is 11.8 Å². The Hall–Kier alpha value is -0.610. The Bertz CT molecular complexity index is 224. The first kappa shape index (κ1) is 10.9. The van der Waals surface area contributed by atoms with Gasteiger partial charge >= 0.3 is 5.97 Å². The zero-order valence-corrected chi connectivity index (χ0v) is 9.11. The maximum Gasteiger partial charge on any atom is 0.323 e. The van der Waals surface area contributed by atoms with Crippen LogP contribution in [0, 0.1) is 11.8 Å². The van der Waals surface area contributed by atoms with Crippen molar-refractivity contribution in [2.75, 3.05) is 13.7 Å². The van der Waals surface area contributed by atoms with Crippen LogP contribution in [-0.4, -0.2) is 36.9 Å². The summed E-state index contributed by atoms with van der Waals surface area (Å²) in [5.41, 5.74) is 0. The fourth-order valence-corrected chi connectivity index (χ4v) is 2.16. The molecule has 0 heterocycles. The van der Waals surface area contributed by atoms with Gasteiger partial charge in [-0.15, -0.1) is 0 Å². The van der Waals surface area contributed by atoms with Gasteiger partial charge in [0, 0.05) is 13.2 Å². The van der Waals surface area contributed by atoms with Crippen LogP contribution >= 0.6 is 0 Å². The fraction of sp³-hybridized carbons (Fsp3) is 0.909. The van der Waals surface area contributed by atoms with E-state index < -0.39 is 12.0 Å². The van der Waals surface area contributed by atoms with E-state index in [0.29, 0.717) is 6.04 Å². The minimum Gasteiger partial charge on any atom is -0.480 e. The SMILES string of the molecule is COCC(NC(C1CC1)C1CC1)C(=O)O. The number of ether oxygens (including phenoxy) is 1. The lowest BCUT2D eigenvalue weighted by Gasteiger charge is -2.22. The molecule has 0 amide bonds. The Morgan fingerprint density at radius 3 is 2.27 bits per heavy atom. The molecule has 4 heteroatoms. The molecule has 0 radical (unpaired) electrons. The van der Waals surface area contributed by atoms with E-state index in [4.69, 9.17) is 9.84 Å². The van der Waals surface area contributed by atoms with Crippen LogP contribution in [0.2, 0.25) is 0 Å². The van der Waals surface area contributed by atoms with Crippen molar-refractivity contribution in [3.8, 4) is 0 Å². The summed E-state index contributed by atoms with van der Waals surface area (Å²) in [4.78, 5) is 11.0. The van der Waals surface area contributed by atoms with Gasteiger partial charge in [0.25, 0.3) is 0 Å². The maximum atomic E-state index is 11.0. The third-order valence-corrected chi connectivity index (χ3v) is 3.28. The number of methoxy groups -OCH3 is 1. The number of nitrogens with one attached hydrogen (secondary N) is 1. The van der Waals surface area contributed by atoms with Gasteiger partial charge in [0.05, 0.1) is 6.61 Å². The highest BCUT2D eigenvalue weighted by Crippen LogP contribution is 2.44. The molecule has 0 aromatic rings. The molecule has 2 rings (SSSR count). The molecule has 15 heavy (non-hydrogen) atoms. The lowest BCUT2D eigenvalue weighted by Crippen LogP contribution is -2.47. The molecule has 0 bridgehead atoms. The summed E-state index contributed by atoms with van der Waals surface area (Å²) in [6.07, 6.45) is 5.03. The molecule has 2 saturated carbocycles. The van der Waals surface area contributed by atoms with Crippen molar-refractivity contribution in [2.45, 2.75) is 37.8 Å². The second-order valence-corrected chi connectivity index (χ2v) is 4.71. The molecular formula is C11H19NO3. The second-order valence-electron chi connectivity index (χ2n) is 4.71. The zero-order valence-electron chi connectivity index (χ0n) is 9.11. The van der Waals surface area contributed by atoms with Crippen LogP contribution in [0.5, 0.6) is 0 Å². The average molecular weight is 213 g/mol. The van der Waals surface area contributed by atoms with E-state index in [1.807, 2.05) is 0 Å². The number of hydrogen-bond donors (Lipinski definition) is 2.